The summed E-state index contributed by atoms with van der Waals surface area (Å²) >= 11 is 0. The average Bonchev–Trinajstić information content (AvgIpc) is 3.57. The van der Waals surface area contributed by atoms with Crippen LogP contribution >= 0.6 is 15.6 Å². The number of hydrogen-bond donors (Lipinski definition) is 3. The summed E-state index contributed by atoms with van der Waals surface area (Å²) in [5.74, 6) is 0.143. The molecule has 0 saturated heterocycles. The number of aliphatic hydroxyl groups is 1. The van der Waals surface area contributed by atoms with E-state index in [1.54, 1.807) is 0 Å². The van der Waals surface area contributed by atoms with Gasteiger partial charge in [-0.2, -0.15) is 0 Å². The van der Waals surface area contributed by atoms with Gasteiger partial charge in [-0.3, -0.25) is 37.3 Å². The van der Waals surface area contributed by atoms with Gasteiger partial charge < -0.3 is 33.8 Å². The zero-order valence-electron chi connectivity index (χ0n) is 60.0. The third-order valence-electron chi connectivity index (χ3n) is 17.2. The van der Waals surface area contributed by atoms with Crippen molar-refractivity contribution >= 4 is 39.5 Å². The van der Waals surface area contributed by atoms with Gasteiger partial charge in [-0.05, 0) is 43.4 Å². The van der Waals surface area contributed by atoms with E-state index in [2.05, 4.69) is 48.5 Å². The van der Waals surface area contributed by atoms with Crippen molar-refractivity contribution in [1.29, 1.82) is 0 Å². The predicted octanol–water partition coefficient (Wildman–Crippen LogP) is 21.0. The fraction of sp³-hybridized carbons (Fsp3) is 0.945. The Morgan fingerprint density at radius 1 is 0.315 bits per heavy atom. The van der Waals surface area contributed by atoms with E-state index in [0.29, 0.717) is 31.6 Å². The van der Waals surface area contributed by atoms with E-state index in [1.807, 2.05) is 0 Å². The van der Waals surface area contributed by atoms with Gasteiger partial charge >= 0.3 is 39.5 Å². The molecule has 0 aromatic heterocycles. The third-order valence-corrected chi connectivity index (χ3v) is 19.1. The highest BCUT2D eigenvalue weighted by atomic mass is 31.2. The molecular formula is C73H142O17P2. The maximum absolute atomic E-state index is 13.1. The maximum atomic E-state index is 13.1. The molecular weight excluding hydrogens is 1210 g/mol. The minimum Gasteiger partial charge on any atom is -0.462 e. The Morgan fingerprint density at radius 2 is 0.554 bits per heavy atom. The first-order chi connectivity index (χ1) is 44.3. The first-order valence-electron chi connectivity index (χ1n) is 37.9. The summed E-state index contributed by atoms with van der Waals surface area (Å²) in [4.78, 5) is 72.6. The molecule has 0 rings (SSSR count). The van der Waals surface area contributed by atoms with Crippen LogP contribution in [0.2, 0.25) is 0 Å². The van der Waals surface area contributed by atoms with E-state index in [0.717, 1.165) is 108 Å². The zero-order chi connectivity index (χ0) is 68.0. The van der Waals surface area contributed by atoms with Gasteiger partial charge in [-0.25, -0.2) is 9.13 Å². The molecule has 0 bridgehead atoms. The Hall–Kier alpha value is -1.94. The van der Waals surface area contributed by atoms with E-state index >= 15 is 0 Å². The molecule has 0 amide bonds. The minimum absolute atomic E-state index is 0.106. The second kappa shape index (κ2) is 63.8. The number of hydrogen-bond acceptors (Lipinski definition) is 15. The Kier molecular flexibility index (Phi) is 62.4. The number of aliphatic hydroxyl groups excluding tert-OH is 1. The van der Waals surface area contributed by atoms with Crippen molar-refractivity contribution in [3.8, 4) is 0 Å². The third kappa shape index (κ3) is 65.4. The van der Waals surface area contributed by atoms with Crippen LogP contribution in [0, 0.1) is 17.8 Å². The number of phosphoric acid groups is 2. The van der Waals surface area contributed by atoms with E-state index in [1.165, 1.54) is 173 Å². The van der Waals surface area contributed by atoms with Crippen LogP contribution in [0.3, 0.4) is 0 Å². The monoisotopic (exact) mass is 1350 g/mol. The number of unbranched alkanes of at least 4 members (excludes halogenated alkanes) is 38. The summed E-state index contributed by atoms with van der Waals surface area (Å²) in [5, 5.41) is 10.6. The molecule has 92 heavy (non-hydrogen) atoms. The lowest BCUT2D eigenvalue weighted by atomic mass is 9.99. The van der Waals surface area contributed by atoms with Gasteiger partial charge in [0.15, 0.2) is 12.2 Å². The van der Waals surface area contributed by atoms with Crippen molar-refractivity contribution in [2.24, 2.45) is 17.8 Å². The lowest BCUT2D eigenvalue weighted by Gasteiger charge is -2.21. The SMILES string of the molecule is CCCCCCCCCCCCCCC(=O)O[C@H](COC(=O)CCCCCCCCC(C)C)COP(=O)(O)OC[C@H](O)COP(=O)(O)OC[C@@H](COC(=O)CCCCCCCCCCC(C)CC)OC(=O)CCCCCCCCCCCCCCCCCCC(C)C. The highest BCUT2D eigenvalue weighted by molar-refractivity contribution is 7.47. The van der Waals surface area contributed by atoms with Crippen molar-refractivity contribution in [2.45, 2.75) is 388 Å². The molecule has 0 aliphatic heterocycles. The van der Waals surface area contributed by atoms with E-state index in [4.69, 9.17) is 37.0 Å². The van der Waals surface area contributed by atoms with Crippen molar-refractivity contribution in [3.05, 3.63) is 0 Å². The van der Waals surface area contributed by atoms with Crippen LogP contribution in [-0.2, 0) is 65.4 Å². The molecule has 0 radical (unpaired) electrons. The van der Waals surface area contributed by atoms with Crippen LogP contribution < -0.4 is 0 Å². The summed E-state index contributed by atoms with van der Waals surface area (Å²) in [5.41, 5.74) is 0. The molecule has 0 aromatic carbocycles. The number of carbonyl (C=O) groups excluding carboxylic acids is 4. The first-order valence-corrected chi connectivity index (χ1v) is 40.9. The van der Waals surface area contributed by atoms with Gasteiger partial charge in [0.05, 0.1) is 26.4 Å². The maximum Gasteiger partial charge on any atom is 0.472 e. The molecule has 0 heterocycles. The van der Waals surface area contributed by atoms with Crippen molar-refractivity contribution in [1.82, 2.24) is 0 Å². The fourth-order valence-electron chi connectivity index (χ4n) is 11.0. The molecule has 546 valence electrons. The van der Waals surface area contributed by atoms with Crippen LogP contribution in [-0.4, -0.2) is 96.7 Å². The van der Waals surface area contributed by atoms with Crippen LogP contribution in [0.5, 0.6) is 0 Å². The van der Waals surface area contributed by atoms with Gasteiger partial charge in [0.1, 0.15) is 19.3 Å². The Morgan fingerprint density at radius 3 is 0.826 bits per heavy atom. The van der Waals surface area contributed by atoms with Crippen LogP contribution in [0.25, 0.3) is 0 Å². The molecule has 17 nitrogen and oxygen atoms in total. The number of carbonyl (C=O) groups is 4. The molecule has 0 fully saturated rings. The fourth-order valence-corrected chi connectivity index (χ4v) is 12.6. The molecule has 0 aliphatic rings. The van der Waals surface area contributed by atoms with Gasteiger partial charge in [-0.1, -0.05) is 318 Å². The van der Waals surface area contributed by atoms with Crippen molar-refractivity contribution in [2.75, 3.05) is 39.6 Å². The normalized spacial score (nSPS) is 14.4. The largest absolute Gasteiger partial charge is 0.472 e. The standard InChI is InChI=1S/C73H142O17P2/c1-8-10-11-12-13-14-15-23-26-33-42-49-56-72(77)90-69(61-84-71(76)55-48-41-36-35-38-45-52-65(5)6)63-88-92(81,82)86-59-67(74)58-85-91(79,80)87-62-68(60-83-70(75)54-47-40-32-29-28-31-39-46-53-66(7)9-2)89-73(78)57-50-43-34-27-24-21-19-17-16-18-20-22-25-30-37-44-51-64(3)4/h64-69,74H,8-63H2,1-7H3,(H,79,80)(H,81,82)/t66?,67-,68-,69-/m1/s1. The van der Waals surface area contributed by atoms with Crippen molar-refractivity contribution < 1.29 is 80.2 Å². The lowest BCUT2D eigenvalue weighted by Crippen LogP contribution is -2.30. The summed E-state index contributed by atoms with van der Waals surface area (Å²) in [7, 11) is -9.90. The second-order valence-electron chi connectivity index (χ2n) is 27.5. The Bertz CT molecular complexity index is 1800. The molecule has 0 saturated carbocycles. The average molecular weight is 1350 g/mol. The first kappa shape index (κ1) is 90.1. The molecule has 0 aliphatic carbocycles. The summed E-state index contributed by atoms with van der Waals surface area (Å²) in [6, 6.07) is 0. The molecule has 6 atom stereocenters. The molecule has 0 aromatic rings. The zero-order valence-corrected chi connectivity index (χ0v) is 61.8. The van der Waals surface area contributed by atoms with E-state index in [-0.39, 0.29) is 25.7 Å². The molecule has 19 heteroatoms. The van der Waals surface area contributed by atoms with Crippen molar-refractivity contribution in [3.63, 3.8) is 0 Å². The van der Waals surface area contributed by atoms with Gasteiger partial charge in [0.2, 0.25) is 0 Å². The predicted molar refractivity (Wildman–Crippen MR) is 372 cm³/mol. The van der Waals surface area contributed by atoms with E-state index < -0.39 is 97.5 Å². The summed E-state index contributed by atoms with van der Waals surface area (Å²) < 4.78 is 68.4. The quantitative estimate of drug-likeness (QED) is 0.0222. The summed E-state index contributed by atoms with van der Waals surface area (Å²) in [6.45, 7) is 11.8. The number of phosphoric ester groups is 2. The molecule has 3 N–H and O–H groups in total. The summed E-state index contributed by atoms with van der Waals surface area (Å²) in [6.07, 6.45) is 48.7. The highest BCUT2D eigenvalue weighted by Crippen LogP contribution is 2.45. The smallest absolute Gasteiger partial charge is 0.462 e. The second-order valence-corrected chi connectivity index (χ2v) is 30.4. The van der Waals surface area contributed by atoms with Gasteiger partial charge in [0.25, 0.3) is 0 Å². The van der Waals surface area contributed by atoms with Gasteiger partial charge in [-0.15, -0.1) is 0 Å². The molecule has 0 spiro atoms. The lowest BCUT2D eigenvalue weighted by molar-refractivity contribution is -0.161. The van der Waals surface area contributed by atoms with Crippen LogP contribution in [0.1, 0.15) is 370 Å². The number of ether oxygens (including phenoxy) is 4. The van der Waals surface area contributed by atoms with Gasteiger partial charge in [0, 0.05) is 25.7 Å². The Balaban J connectivity index is 5.22. The minimum atomic E-state index is -4.95. The molecule has 3 unspecified atom stereocenters. The van der Waals surface area contributed by atoms with E-state index in [9.17, 15) is 43.2 Å². The Labute approximate surface area is 562 Å². The highest BCUT2D eigenvalue weighted by Gasteiger charge is 2.30. The number of rotatable bonds is 71. The van der Waals surface area contributed by atoms with Crippen LogP contribution in [0.4, 0.5) is 0 Å². The number of esters is 4. The topological polar surface area (TPSA) is 237 Å². The van der Waals surface area contributed by atoms with Crippen LogP contribution in [0.15, 0.2) is 0 Å².